The smallest absolute Gasteiger partial charge is 0.416 e. The van der Waals surface area contributed by atoms with Crippen LogP contribution in [0.25, 0.3) is 0 Å². The van der Waals surface area contributed by atoms with Crippen molar-refractivity contribution in [3.8, 4) is 11.5 Å². The molecule has 4 rings (SSSR count). The summed E-state index contributed by atoms with van der Waals surface area (Å²) in [6.45, 7) is 1.57. The van der Waals surface area contributed by atoms with Gasteiger partial charge >= 0.3 is 6.18 Å². The van der Waals surface area contributed by atoms with E-state index in [1.165, 1.54) is 12.1 Å². The van der Waals surface area contributed by atoms with E-state index in [9.17, 15) is 18.3 Å². The Morgan fingerprint density at radius 2 is 2.05 bits per heavy atom. The zero-order chi connectivity index (χ0) is 26.4. The van der Waals surface area contributed by atoms with Crippen LogP contribution in [-0.4, -0.2) is 53.4 Å². The fourth-order valence-electron chi connectivity index (χ4n) is 3.99. The Labute approximate surface area is 217 Å². The minimum absolute atomic E-state index is 0.0346. The number of hydrogen-bond donors (Lipinski definition) is 4. The summed E-state index contributed by atoms with van der Waals surface area (Å²) in [6.07, 6.45) is 0.856. The number of amidine groups is 1. The molecule has 1 unspecified atom stereocenters. The third-order valence-corrected chi connectivity index (χ3v) is 6.16. The van der Waals surface area contributed by atoms with Crippen molar-refractivity contribution in [2.45, 2.75) is 31.5 Å². The second-order valence-electron chi connectivity index (χ2n) is 8.66. The Hall–Kier alpha value is -3.21. The van der Waals surface area contributed by atoms with E-state index < -0.39 is 17.8 Å². The molecule has 0 amide bonds. The van der Waals surface area contributed by atoms with Gasteiger partial charge in [0.2, 0.25) is 0 Å². The van der Waals surface area contributed by atoms with Crippen LogP contribution in [0.2, 0.25) is 5.02 Å². The molecular formula is C26H28ClF3N4O3. The van der Waals surface area contributed by atoms with Gasteiger partial charge in [-0.05, 0) is 55.7 Å². The lowest BCUT2D eigenvalue weighted by atomic mass is 10.1. The van der Waals surface area contributed by atoms with E-state index in [0.29, 0.717) is 38.3 Å². The first kappa shape index (κ1) is 26.8. The summed E-state index contributed by atoms with van der Waals surface area (Å²) in [4.78, 5) is 6.84. The van der Waals surface area contributed by atoms with Gasteiger partial charge in [-0.1, -0.05) is 29.8 Å². The molecule has 0 saturated heterocycles. The van der Waals surface area contributed by atoms with Crippen LogP contribution in [-0.2, 0) is 6.18 Å². The molecule has 11 heteroatoms. The number of aliphatic hydroxyl groups excluding tert-OH is 2. The van der Waals surface area contributed by atoms with E-state index >= 15 is 0 Å². The highest BCUT2D eigenvalue weighted by Crippen LogP contribution is 2.36. The molecule has 4 N–H and O–H groups in total. The van der Waals surface area contributed by atoms with Crippen molar-refractivity contribution in [1.82, 2.24) is 10.2 Å². The number of nitrogens with zero attached hydrogens (tertiary/aromatic N) is 2. The standard InChI is InChI=1S/C26H28ClF3N4O3/c27-22-14-18(9-10-23(22)37-20-7-3-5-17(13-20)26(28,29)30)33-24-21-8-1-2-11-31-25(21)34(16-32-24)12-4-6-19(36)15-35/h1,3,5,7-10,13-14,19,32-33,35-36H,2,4,6,11-12,15-16H2. The minimum atomic E-state index is -4.47. The van der Waals surface area contributed by atoms with Crippen molar-refractivity contribution in [2.75, 3.05) is 31.7 Å². The number of anilines is 1. The molecule has 2 aromatic carbocycles. The number of halogens is 4. The monoisotopic (exact) mass is 536 g/mol. The lowest BCUT2D eigenvalue weighted by Gasteiger charge is -2.34. The molecule has 0 aliphatic carbocycles. The maximum Gasteiger partial charge on any atom is 0.416 e. The molecule has 0 aromatic heterocycles. The zero-order valence-electron chi connectivity index (χ0n) is 19.9. The first-order chi connectivity index (χ1) is 17.7. The summed E-state index contributed by atoms with van der Waals surface area (Å²) < 4.78 is 44.6. The van der Waals surface area contributed by atoms with Crippen LogP contribution in [0, 0.1) is 0 Å². The lowest BCUT2D eigenvalue weighted by Crippen LogP contribution is -2.47. The number of hydrogen-bond acceptors (Lipinski definition) is 7. The van der Waals surface area contributed by atoms with Gasteiger partial charge in [0.05, 0.1) is 35.5 Å². The molecule has 37 heavy (non-hydrogen) atoms. The van der Waals surface area contributed by atoms with Crippen molar-refractivity contribution in [1.29, 1.82) is 0 Å². The normalized spacial score (nSPS) is 16.5. The van der Waals surface area contributed by atoms with Crippen molar-refractivity contribution in [3.05, 3.63) is 76.6 Å². The summed E-state index contributed by atoms with van der Waals surface area (Å²) in [5.74, 6) is 1.84. The predicted molar refractivity (Wildman–Crippen MR) is 137 cm³/mol. The van der Waals surface area contributed by atoms with Crippen LogP contribution >= 0.6 is 11.6 Å². The highest BCUT2D eigenvalue weighted by atomic mass is 35.5. The minimum Gasteiger partial charge on any atom is -0.456 e. The molecule has 0 spiro atoms. The number of aliphatic hydroxyl groups is 2. The molecule has 0 radical (unpaired) electrons. The van der Waals surface area contributed by atoms with E-state index in [2.05, 4.69) is 15.5 Å². The number of benzene rings is 2. The summed E-state index contributed by atoms with van der Waals surface area (Å²) >= 11 is 6.40. The second kappa shape index (κ2) is 11.9. The average Bonchev–Trinajstić information content (AvgIpc) is 3.13. The molecule has 2 heterocycles. The SMILES string of the molecule is OCC(O)CCCN1CNC(Nc2ccc(Oc3cccc(C(F)(F)F)c3)c(Cl)c2)=C2C=CCCN=C21. The predicted octanol–water partition coefficient (Wildman–Crippen LogP) is 5.13. The van der Waals surface area contributed by atoms with Gasteiger partial charge in [-0.15, -0.1) is 0 Å². The zero-order valence-corrected chi connectivity index (χ0v) is 20.7. The quantitative estimate of drug-likeness (QED) is 0.355. The van der Waals surface area contributed by atoms with E-state index in [1.807, 2.05) is 12.2 Å². The number of fused-ring (bicyclic) bond motifs is 1. The molecule has 2 aliphatic rings. The Bertz CT molecular complexity index is 1200. The van der Waals surface area contributed by atoms with E-state index in [1.54, 1.807) is 18.2 Å². The molecule has 2 aromatic rings. The molecule has 0 bridgehead atoms. The fourth-order valence-corrected chi connectivity index (χ4v) is 4.21. The van der Waals surface area contributed by atoms with Crippen LogP contribution in [0.15, 0.2) is 71.0 Å². The van der Waals surface area contributed by atoms with Gasteiger partial charge in [0.25, 0.3) is 0 Å². The number of alkyl halides is 3. The maximum absolute atomic E-state index is 13.0. The third kappa shape index (κ3) is 6.97. The number of rotatable bonds is 9. The first-order valence-electron chi connectivity index (χ1n) is 11.9. The molecule has 1 atom stereocenters. The Balaban J connectivity index is 1.49. The Kier molecular flexibility index (Phi) is 8.63. The molecular weight excluding hydrogens is 509 g/mol. The molecule has 0 saturated carbocycles. The number of nitrogens with one attached hydrogen (secondary N) is 2. The van der Waals surface area contributed by atoms with E-state index in [-0.39, 0.29) is 23.1 Å². The highest BCUT2D eigenvalue weighted by Gasteiger charge is 2.30. The van der Waals surface area contributed by atoms with Crippen LogP contribution in [0.3, 0.4) is 0 Å². The topological polar surface area (TPSA) is 89.4 Å². The second-order valence-corrected chi connectivity index (χ2v) is 9.07. The summed E-state index contributed by atoms with van der Waals surface area (Å²) in [5.41, 5.74) is 0.739. The van der Waals surface area contributed by atoms with E-state index in [0.717, 1.165) is 35.8 Å². The van der Waals surface area contributed by atoms with Crippen LogP contribution < -0.4 is 15.4 Å². The van der Waals surface area contributed by atoms with Crippen molar-refractivity contribution in [3.63, 3.8) is 0 Å². The average molecular weight is 537 g/mol. The van der Waals surface area contributed by atoms with Gasteiger partial charge < -0.3 is 30.5 Å². The third-order valence-electron chi connectivity index (χ3n) is 5.86. The summed E-state index contributed by atoms with van der Waals surface area (Å²) in [7, 11) is 0. The summed E-state index contributed by atoms with van der Waals surface area (Å²) in [6, 6.07) is 9.58. The lowest BCUT2D eigenvalue weighted by molar-refractivity contribution is -0.137. The maximum atomic E-state index is 13.0. The van der Waals surface area contributed by atoms with Crippen LogP contribution in [0.1, 0.15) is 24.8 Å². The van der Waals surface area contributed by atoms with Crippen molar-refractivity contribution in [2.24, 2.45) is 4.99 Å². The van der Waals surface area contributed by atoms with Gasteiger partial charge in [0.1, 0.15) is 23.2 Å². The van der Waals surface area contributed by atoms with Gasteiger partial charge in [-0.2, -0.15) is 13.2 Å². The summed E-state index contributed by atoms with van der Waals surface area (Å²) in [5, 5.41) is 25.6. The van der Waals surface area contributed by atoms with Crippen molar-refractivity contribution >= 4 is 23.1 Å². The highest BCUT2D eigenvalue weighted by molar-refractivity contribution is 6.32. The molecule has 2 aliphatic heterocycles. The van der Waals surface area contributed by atoms with E-state index in [4.69, 9.17) is 26.4 Å². The molecule has 0 fully saturated rings. The molecule has 198 valence electrons. The van der Waals surface area contributed by atoms with Gasteiger partial charge in [-0.3, -0.25) is 4.99 Å². The van der Waals surface area contributed by atoms with Crippen LogP contribution in [0.5, 0.6) is 11.5 Å². The first-order valence-corrected chi connectivity index (χ1v) is 12.3. The largest absolute Gasteiger partial charge is 0.456 e. The van der Waals surface area contributed by atoms with Gasteiger partial charge in [0.15, 0.2) is 0 Å². The number of aliphatic imine (C=N–C) groups is 1. The van der Waals surface area contributed by atoms with Crippen molar-refractivity contribution < 1.29 is 28.1 Å². The van der Waals surface area contributed by atoms with Gasteiger partial charge in [0, 0.05) is 18.8 Å². The number of ether oxygens (including phenoxy) is 1. The van der Waals surface area contributed by atoms with Crippen LogP contribution in [0.4, 0.5) is 18.9 Å². The molecule has 7 nitrogen and oxygen atoms in total. The van der Waals surface area contributed by atoms with Gasteiger partial charge in [-0.25, -0.2) is 0 Å². The Morgan fingerprint density at radius 1 is 1.22 bits per heavy atom. The Morgan fingerprint density at radius 3 is 2.81 bits per heavy atom. The fraction of sp³-hybridized carbons (Fsp3) is 0.346.